The third-order valence-corrected chi connectivity index (χ3v) is 4.66. The molecule has 0 radical (unpaired) electrons. The molecule has 0 heterocycles. The summed E-state index contributed by atoms with van der Waals surface area (Å²) in [6, 6.07) is 3.72. The molecule has 2 atom stereocenters. The quantitative estimate of drug-likeness (QED) is 0.866. The van der Waals surface area contributed by atoms with Gasteiger partial charge in [0.15, 0.2) is 11.5 Å². The zero-order valence-corrected chi connectivity index (χ0v) is 13.8. The first-order valence-electron chi connectivity index (χ1n) is 7.31. The topological polar surface area (TPSA) is 38.7 Å². The van der Waals surface area contributed by atoms with Crippen molar-refractivity contribution in [3.63, 3.8) is 0 Å². The number of methoxy groups -OCH3 is 1. The minimum absolute atomic E-state index is 0.00340. The molecule has 1 saturated carbocycles. The highest BCUT2D eigenvalue weighted by Crippen LogP contribution is 2.39. The second kappa shape index (κ2) is 7.32. The van der Waals surface area contributed by atoms with Crippen LogP contribution in [-0.4, -0.2) is 18.3 Å². The SMILES string of the molecule is CCC1CCCC(Oc2c(Br)cc(CO)cc2OC)C1. The number of aliphatic hydroxyl groups excluding tert-OH is 1. The molecule has 1 aromatic carbocycles. The van der Waals surface area contributed by atoms with E-state index in [1.165, 1.54) is 19.3 Å². The summed E-state index contributed by atoms with van der Waals surface area (Å²) < 4.78 is 12.4. The van der Waals surface area contributed by atoms with Crippen LogP contribution in [0.5, 0.6) is 11.5 Å². The van der Waals surface area contributed by atoms with Gasteiger partial charge in [-0.25, -0.2) is 0 Å². The van der Waals surface area contributed by atoms with Crippen molar-refractivity contribution < 1.29 is 14.6 Å². The lowest BCUT2D eigenvalue weighted by molar-refractivity contribution is 0.117. The summed E-state index contributed by atoms with van der Waals surface area (Å²) in [4.78, 5) is 0. The molecule has 1 aromatic rings. The van der Waals surface area contributed by atoms with E-state index in [-0.39, 0.29) is 12.7 Å². The predicted molar refractivity (Wildman–Crippen MR) is 83.3 cm³/mol. The highest BCUT2D eigenvalue weighted by Gasteiger charge is 2.24. The van der Waals surface area contributed by atoms with Crippen molar-refractivity contribution >= 4 is 15.9 Å². The van der Waals surface area contributed by atoms with Gasteiger partial charge < -0.3 is 14.6 Å². The van der Waals surface area contributed by atoms with E-state index < -0.39 is 0 Å². The molecule has 0 spiro atoms. The summed E-state index contributed by atoms with van der Waals surface area (Å²) in [5.74, 6) is 2.21. The first kappa shape index (κ1) is 15.6. The van der Waals surface area contributed by atoms with E-state index in [0.29, 0.717) is 5.75 Å². The third-order valence-electron chi connectivity index (χ3n) is 4.07. The van der Waals surface area contributed by atoms with Crippen molar-refractivity contribution in [3.8, 4) is 11.5 Å². The average Bonchev–Trinajstić information content (AvgIpc) is 2.49. The molecule has 0 bridgehead atoms. The van der Waals surface area contributed by atoms with E-state index in [0.717, 1.165) is 34.5 Å². The molecule has 0 saturated heterocycles. The van der Waals surface area contributed by atoms with E-state index in [4.69, 9.17) is 9.47 Å². The zero-order valence-electron chi connectivity index (χ0n) is 12.2. The summed E-state index contributed by atoms with van der Waals surface area (Å²) in [5.41, 5.74) is 0.816. The Labute approximate surface area is 129 Å². The lowest BCUT2D eigenvalue weighted by Crippen LogP contribution is -2.25. The summed E-state index contributed by atoms with van der Waals surface area (Å²) >= 11 is 3.52. The number of hydrogen-bond acceptors (Lipinski definition) is 3. The second-order valence-corrected chi connectivity index (χ2v) is 6.30. The Morgan fingerprint density at radius 2 is 2.15 bits per heavy atom. The van der Waals surface area contributed by atoms with Crippen molar-refractivity contribution in [3.05, 3.63) is 22.2 Å². The summed E-state index contributed by atoms with van der Waals surface area (Å²) in [7, 11) is 1.63. The fourth-order valence-corrected chi connectivity index (χ4v) is 3.45. The van der Waals surface area contributed by atoms with Crippen LogP contribution in [0.4, 0.5) is 0 Å². The van der Waals surface area contributed by atoms with Gasteiger partial charge in [-0.1, -0.05) is 19.8 Å². The van der Waals surface area contributed by atoms with Crippen LogP contribution in [0.15, 0.2) is 16.6 Å². The molecular weight excluding hydrogens is 320 g/mol. The number of rotatable bonds is 5. The maximum Gasteiger partial charge on any atom is 0.175 e. The van der Waals surface area contributed by atoms with Gasteiger partial charge in [0.2, 0.25) is 0 Å². The molecule has 2 rings (SSSR count). The van der Waals surface area contributed by atoms with Crippen molar-refractivity contribution in [2.45, 2.75) is 51.7 Å². The van der Waals surface area contributed by atoms with Crippen LogP contribution in [0.1, 0.15) is 44.6 Å². The maximum absolute atomic E-state index is 9.24. The highest BCUT2D eigenvalue weighted by atomic mass is 79.9. The molecule has 112 valence electrons. The van der Waals surface area contributed by atoms with Crippen LogP contribution >= 0.6 is 15.9 Å². The molecule has 1 aliphatic carbocycles. The Balaban J connectivity index is 2.15. The van der Waals surface area contributed by atoms with E-state index in [1.807, 2.05) is 12.1 Å². The van der Waals surface area contributed by atoms with Crippen LogP contribution < -0.4 is 9.47 Å². The van der Waals surface area contributed by atoms with Gasteiger partial charge in [0.05, 0.1) is 24.3 Å². The molecule has 1 fully saturated rings. The molecule has 3 nitrogen and oxygen atoms in total. The lowest BCUT2D eigenvalue weighted by atomic mass is 9.85. The molecule has 1 aliphatic rings. The smallest absolute Gasteiger partial charge is 0.175 e. The molecule has 20 heavy (non-hydrogen) atoms. The van der Waals surface area contributed by atoms with E-state index >= 15 is 0 Å². The first-order valence-corrected chi connectivity index (χ1v) is 8.11. The summed E-state index contributed by atoms with van der Waals surface area (Å²) in [6.07, 6.45) is 6.26. The first-order chi connectivity index (χ1) is 9.67. The van der Waals surface area contributed by atoms with Crippen molar-refractivity contribution in [1.29, 1.82) is 0 Å². The van der Waals surface area contributed by atoms with Crippen LogP contribution in [0.2, 0.25) is 0 Å². The van der Waals surface area contributed by atoms with Gasteiger partial charge in [0, 0.05) is 0 Å². The largest absolute Gasteiger partial charge is 0.493 e. The van der Waals surface area contributed by atoms with Crippen LogP contribution in [0.25, 0.3) is 0 Å². The monoisotopic (exact) mass is 342 g/mol. The molecule has 4 heteroatoms. The van der Waals surface area contributed by atoms with Crippen LogP contribution in [0, 0.1) is 5.92 Å². The molecule has 0 aromatic heterocycles. The van der Waals surface area contributed by atoms with Gasteiger partial charge in [0.1, 0.15) is 0 Å². The molecular formula is C16H23BrO3. The number of hydrogen-bond donors (Lipinski definition) is 1. The van der Waals surface area contributed by atoms with Crippen molar-refractivity contribution in [1.82, 2.24) is 0 Å². The molecule has 0 amide bonds. The van der Waals surface area contributed by atoms with E-state index in [9.17, 15) is 5.11 Å². The van der Waals surface area contributed by atoms with Gasteiger partial charge in [-0.15, -0.1) is 0 Å². The normalized spacial score (nSPS) is 22.6. The Bertz CT molecular complexity index is 448. The van der Waals surface area contributed by atoms with Crippen molar-refractivity contribution in [2.75, 3.05) is 7.11 Å². The number of aliphatic hydroxyl groups is 1. The van der Waals surface area contributed by atoms with E-state index in [2.05, 4.69) is 22.9 Å². The zero-order chi connectivity index (χ0) is 14.5. The number of halogens is 1. The van der Waals surface area contributed by atoms with E-state index in [1.54, 1.807) is 7.11 Å². The number of ether oxygens (including phenoxy) is 2. The van der Waals surface area contributed by atoms with Gasteiger partial charge in [-0.3, -0.25) is 0 Å². The Morgan fingerprint density at radius 3 is 2.80 bits per heavy atom. The molecule has 0 aliphatic heterocycles. The molecule has 1 N–H and O–H groups in total. The minimum atomic E-state index is -0.00340. The summed E-state index contributed by atoms with van der Waals surface area (Å²) in [6.45, 7) is 2.25. The fourth-order valence-electron chi connectivity index (χ4n) is 2.87. The Morgan fingerprint density at radius 1 is 1.35 bits per heavy atom. The predicted octanol–water partition coefficient (Wildman–Crippen LogP) is 4.30. The van der Waals surface area contributed by atoms with Crippen molar-refractivity contribution in [2.24, 2.45) is 5.92 Å². The molecule has 2 unspecified atom stereocenters. The summed E-state index contributed by atoms with van der Waals surface area (Å²) in [5, 5.41) is 9.24. The van der Waals surface area contributed by atoms with Gasteiger partial charge in [-0.05, 0) is 58.8 Å². The highest BCUT2D eigenvalue weighted by molar-refractivity contribution is 9.10. The lowest BCUT2D eigenvalue weighted by Gasteiger charge is -2.29. The minimum Gasteiger partial charge on any atom is -0.493 e. The Hall–Kier alpha value is -0.740. The standard InChI is InChI=1S/C16H23BrO3/c1-3-11-5-4-6-13(7-11)20-16-14(17)8-12(10-18)9-15(16)19-2/h8-9,11,13,18H,3-7,10H2,1-2H3. The van der Waals surface area contributed by atoms with Gasteiger partial charge in [-0.2, -0.15) is 0 Å². The van der Waals surface area contributed by atoms with Gasteiger partial charge in [0.25, 0.3) is 0 Å². The fraction of sp³-hybridized carbons (Fsp3) is 0.625. The number of benzene rings is 1. The average molecular weight is 343 g/mol. The third kappa shape index (κ3) is 3.67. The van der Waals surface area contributed by atoms with Crippen LogP contribution in [0.3, 0.4) is 0 Å². The Kier molecular flexibility index (Phi) is 5.73. The maximum atomic E-state index is 9.24. The second-order valence-electron chi connectivity index (χ2n) is 5.45. The van der Waals surface area contributed by atoms with Gasteiger partial charge >= 0.3 is 0 Å². The van der Waals surface area contributed by atoms with Crippen LogP contribution in [-0.2, 0) is 6.61 Å².